The molecule has 0 aliphatic heterocycles. The predicted octanol–water partition coefficient (Wildman–Crippen LogP) is -0.343. The van der Waals surface area contributed by atoms with Crippen molar-refractivity contribution in [3.63, 3.8) is 0 Å². The summed E-state index contributed by atoms with van der Waals surface area (Å²) in [5.74, 6) is -4.21. The molecule has 0 spiro atoms. The van der Waals surface area contributed by atoms with E-state index in [4.69, 9.17) is 26.2 Å². The molecule has 0 bridgehead atoms. The third-order valence-corrected chi connectivity index (χ3v) is 3.92. The van der Waals surface area contributed by atoms with Crippen LogP contribution in [-0.2, 0) is 19.2 Å². The maximum Gasteiger partial charge on any atom is 0.319 e. The van der Waals surface area contributed by atoms with Gasteiger partial charge in [0.15, 0.2) is 0 Å². The minimum atomic E-state index is -1.15. The molecule has 2 radical (unpaired) electrons. The highest BCUT2D eigenvalue weighted by molar-refractivity contribution is 5.72. The molecule has 0 aromatic rings. The monoisotopic (exact) mass is 448 g/mol. The van der Waals surface area contributed by atoms with Gasteiger partial charge in [0.05, 0.1) is 19.3 Å². The SMILES string of the molecule is NCCCCCCCNC(CCC(=O)O)N(CC(=O)O)CC(=O)O.[CH2]C[N]CC(=O)O. The fraction of sp³-hybridized carbons (Fsp3) is 0.737. The van der Waals surface area contributed by atoms with Crippen molar-refractivity contribution in [1.82, 2.24) is 15.5 Å². The van der Waals surface area contributed by atoms with E-state index in [2.05, 4.69) is 17.6 Å². The molecule has 0 amide bonds. The number of carboxylic acid groups (broad SMARTS) is 4. The Morgan fingerprint density at radius 1 is 0.871 bits per heavy atom. The van der Waals surface area contributed by atoms with Crippen molar-refractivity contribution in [2.75, 3.05) is 39.3 Å². The molecule has 1 unspecified atom stereocenters. The largest absolute Gasteiger partial charge is 0.481 e. The quantitative estimate of drug-likeness (QED) is 0.111. The van der Waals surface area contributed by atoms with E-state index in [1.165, 1.54) is 4.90 Å². The highest BCUT2D eigenvalue weighted by Gasteiger charge is 2.23. The van der Waals surface area contributed by atoms with Crippen LogP contribution in [0.25, 0.3) is 0 Å². The molecular weight excluding hydrogens is 412 g/mol. The second-order valence-corrected chi connectivity index (χ2v) is 6.65. The first kappa shape index (κ1) is 30.9. The third-order valence-electron chi connectivity index (χ3n) is 3.92. The first-order valence-electron chi connectivity index (χ1n) is 10.1. The van der Waals surface area contributed by atoms with E-state index in [9.17, 15) is 19.2 Å². The minimum Gasteiger partial charge on any atom is -0.481 e. The number of hydrogen-bond acceptors (Lipinski definition) is 7. The Balaban J connectivity index is 0. The smallest absolute Gasteiger partial charge is 0.319 e. The van der Waals surface area contributed by atoms with Crippen molar-refractivity contribution in [2.24, 2.45) is 5.73 Å². The van der Waals surface area contributed by atoms with Gasteiger partial charge in [-0.3, -0.25) is 24.1 Å². The zero-order valence-corrected chi connectivity index (χ0v) is 17.9. The van der Waals surface area contributed by atoms with Crippen LogP contribution in [0.1, 0.15) is 44.9 Å². The first-order chi connectivity index (χ1) is 14.6. The van der Waals surface area contributed by atoms with Gasteiger partial charge in [-0.2, -0.15) is 0 Å². The van der Waals surface area contributed by atoms with Gasteiger partial charge in [-0.1, -0.05) is 19.3 Å². The fourth-order valence-electron chi connectivity index (χ4n) is 2.54. The average molecular weight is 449 g/mol. The van der Waals surface area contributed by atoms with Crippen molar-refractivity contribution in [1.29, 1.82) is 0 Å². The van der Waals surface area contributed by atoms with E-state index in [1.54, 1.807) is 0 Å². The summed E-state index contributed by atoms with van der Waals surface area (Å²) in [7, 11) is 0. The highest BCUT2D eigenvalue weighted by atomic mass is 16.4. The summed E-state index contributed by atoms with van der Waals surface area (Å²) in [5, 5.41) is 41.1. The van der Waals surface area contributed by atoms with Gasteiger partial charge < -0.3 is 31.5 Å². The molecule has 12 nitrogen and oxygen atoms in total. The van der Waals surface area contributed by atoms with Crippen LogP contribution in [0.4, 0.5) is 0 Å². The number of nitrogens with two attached hydrogens (primary N) is 1. The number of hydrogen-bond donors (Lipinski definition) is 6. The summed E-state index contributed by atoms with van der Waals surface area (Å²) < 4.78 is 0. The number of unbranched alkanes of at least 4 members (excludes halogenated alkanes) is 4. The molecule has 180 valence electrons. The lowest BCUT2D eigenvalue weighted by Crippen LogP contribution is -2.50. The Labute approximate surface area is 182 Å². The predicted molar refractivity (Wildman–Crippen MR) is 113 cm³/mol. The minimum absolute atomic E-state index is 0.122. The molecule has 0 aliphatic rings. The number of carbonyl (C=O) groups is 4. The summed E-state index contributed by atoms with van der Waals surface area (Å²) >= 11 is 0. The van der Waals surface area contributed by atoms with E-state index >= 15 is 0 Å². The van der Waals surface area contributed by atoms with Gasteiger partial charge >= 0.3 is 23.9 Å². The Morgan fingerprint density at radius 2 is 1.42 bits per heavy atom. The normalized spacial score (nSPS) is 11.5. The van der Waals surface area contributed by atoms with Crippen LogP contribution in [0.5, 0.6) is 0 Å². The molecule has 12 heteroatoms. The standard InChI is InChI=1S/C15H29N3O6.C4H7NO2/c16-8-4-2-1-3-5-9-17-12(6-7-13(19)20)18(10-14(21)22)11-15(23)24;1-2-5-3-4(6)7/h12,17H,1-11,16H2,(H,19,20)(H,21,22)(H,23,24);1-3H2,(H,6,7). The van der Waals surface area contributed by atoms with Gasteiger partial charge in [-0.05, 0) is 39.3 Å². The topological polar surface area (TPSA) is 205 Å². The second-order valence-electron chi connectivity index (χ2n) is 6.65. The molecular formula is C19H36N4O8. The Bertz CT molecular complexity index is 503. The number of carboxylic acids is 4. The van der Waals surface area contributed by atoms with E-state index in [-0.39, 0.29) is 19.4 Å². The van der Waals surface area contributed by atoms with E-state index in [1.807, 2.05) is 0 Å². The average Bonchev–Trinajstić information content (AvgIpc) is 2.67. The number of nitrogens with one attached hydrogen (secondary N) is 1. The summed E-state index contributed by atoms with van der Waals surface area (Å²) in [6.07, 6.45) is 4.30. The van der Waals surface area contributed by atoms with Crippen LogP contribution >= 0.6 is 0 Å². The Morgan fingerprint density at radius 3 is 1.84 bits per heavy atom. The second kappa shape index (κ2) is 21.0. The summed E-state index contributed by atoms with van der Waals surface area (Å²) in [6, 6.07) is 0. The van der Waals surface area contributed by atoms with Crippen LogP contribution in [0, 0.1) is 6.92 Å². The molecule has 0 aromatic heterocycles. The van der Waals surface area contributed by atoms with Crippen LogP contribution in [0.2, 0.25) is 0 Å². The van der Waals surface area contributed by atoms with Gasteiger partial charge in [-0.15, -0.1) is 0 Å². The van der Waals surface area contributed by atoms with Gasteiger partial charge in [0.2, 0.25) is 0 Å². The summed E-state index contributed by atoms with van der Waals surface area (Å²) in [4.78, 5) is 43.5. The summed E-state index contributed by atoms with van der Waals surface area (Å²) in [5.41, 5.74) is 5.42. The van der Waals surface area contributed by atoms with Crippen molar-refractivity contribution < 1.29 is 39.6 Å². The molecule has 0 heterocycles. The van der Waals surface area contributed by atoms with E-state index < -0.39 is 43.1 Å². The molecule has 1 atom stereocenters. The molecule has 0 saturated heterocycles. The van der Waals surface area contributed by atoms with Crippen LogP contribution < -0.4 is 16.4 Å². The van der Waals surface area contributed by atoms with Crippen LogP contribution in [-0.4, -0.2) is 94.6 Å². The first-order valence-corrected chi connectivity index (χ1v) is 10.1. The molecule has 0 aliphatic carbocycles. The maximum atomic E-state index is 10.9. The lowest BCUT2D eigenvalue weighted by molar-refractivity contribution is -0.143. The van der Waals surface area contributed by atoms with Crippen molar-refractivity contribution >= 4 is 23.9 Å². The van der Waals surface area contributed by atoms with Gasteiger partial charge in [0.1, 0.15) is 6.54 Å². The number of aliphatic carboxylic acids is 4. The molecule has 0 saturated carbocycles. The number of nitrogens with zero attached hydrogens (tertiary/aromatic N) is 2. The number of rotatable bonds is 19. The molecule has 7 N–H and O–H groups in total. The Kier molecular flexibility index (Phi) is 20.9. The van der Waals surface area contributed by atoms with Crippen molar-refractivity contribution in [2.45, 2.75) is 51.1 Å². The van der Waals surface area contributed by atoms with Gasteiger partial charge in [0, 0.05) is 13.0 Å². The lowest BCUT2D eigenvalue weighted by atomic mass is 10.1. The maximum absolute atomic E-state index is 10.9. The highest BCUT2D eigenvalue weighted by Crippen LogP contribution is 2.07. The van der Waals surface area contributed by atoms with Gasteiger partial charge in [-0.25, -0.2) is 5.32 Å². The summed E-state index contributed by atoms with van der Waals surface area (Å²) in [6.45, 7) is 3.88. The zero-order chi connectivity index (χ0) is 24.1. The van der Waals surface area contributed by atoms with E-state index in [0.717, 1.165) is 32.1 Å². The lowest BCUT2D eigenvalue weighted by Gasteiger charge is -2.29. The van der Waals surface area contributed by atoms with Crippen LogP contribution in [0.15, 0.2) is 0 Å². The Hall–Kier alpha value is -2.28. The molecule has 0 fully saturated rings. The molecule has 0 rings (SSSR count). The van der Waals surface area contributed by atoms with E-state index in [0.29, 0.717) is 19.6 Å². The zero-order valence-electron chi connectivity index (χ0n) is 17.9. The van der Waals surface area contributed by atoms with Crippen molar-refractivity contribution in [3.05, 3.63) is 6.92 Å². The van der Waals surface area contributed by atoms with Gasteiger partial charge in [0.25, 0.3) is 0 Å². The van der Waals surface area contributed by atoms with Crippen LogP contribution in [0.3, 0.4) is 0 Å². The third kappa shape index (κ3) is 23.9. The van der Waals surface area contributed by atoms with Crippen molar-refractivity contribution in [3.8, 4) is 0 Å². The molecule has 0 aromatic carbocycles. The fourth-order valence-corrected chi connectivity index (χ4v) is 2.54. The molecule has 31 heavy (non-hydrogen) atoms.